The zero-order valence-electron chi connectivity index (χ0n) is 15.1. The Morgan fingerprint density at radius 3 is 2.64 bits per heavy atom. The van der Waals surface area contributed by atoms with Crippen molar-refractivity contribution in [3.05, 3.63) is 29.8 Å². The predicted molar refractivity (Wildman–Crippen MR) is 91.3 cm³/mol. The molecule has 1 aromatic rings. The molecule has 1 aliphatic heterocycles. The molecule has 2 atom stereocenters. The number of carbonyl (C=O) groups excluding carboxylic acids is 3. The van der Waals surface area contributed by atoms with Gasteiger partial charge in [-0.05, 0) is 36.8 Å². The molecule has 134 valence electrons. The normalized spacial score (nSPS) is 27.4. The second-order valence-electron chi connectivity index (χ2n) is 7.71. The van der Waals surface area contributed by atoms with Crippen molar-refractivity contribution in [2.45, 2.75) is 40.5 Å². The first-order chi connectivity index (χ1) is 11.7. The number of imide groups is 1. The highest BCUT2D eigenvalue weighted by Gasteiger charge is 2.64. The summed E-state index contributed by atoms with van der Waals surface area (Å²) in [4.78, 5) is 37.7. The van der Waals surface area contributed by atoms with Gasteiger partial charge in [-0.3, -0.25) is 19.8 Å². The lowest BCUT2D eigenvalue weighted by Gasteiger charge is -2.47. The number of hydrogen-bond donors (Lipinski definition) is 1. The number of benzene rings is 1. The minimum absolute atomic E-state index is 0.257. The number of piperidine rings is 1. The molecule has 1 aromatic carbocycles. The smallest absolute Gasteiger partial charge is 0.276 e. The summed E-state index contributed by atoms with van der Waals surface area (Å²) >= 11 is 0. The zero-order chi connectivity index (χ0) is 18.4. The molecule has 3 amide bonds. The van der Waals surface area contributed by atoms with Crippen LogP contribution in [0.15, 0.2) is 24.3 Å². The Balaban J connectivity index is 1.69. The van der Waals surface area contributed by atoms with Crippen LogP contribution in [0.3, 0.4) is 0 Å². The van der Waals surface area contributed by atoms with Crippen LogP contribution in [-0.2, 0) is 14.4 Å². The number of ether oxygens (including phenoxy) is 1. The molecule has 1 saturated carbocycles. The van der Waals surface area contributed by atoms with E-state index in [-0.39, 0.29) is 24.3 Å². The maximum atomic E-state index is 12.8. The lowest BCUT2D eigenvalue weighted by Crippen LogP contribution is -2.64. The summed E-state index contributed by atoms with van der Waals surface area (Å²) < 4.78 is 5.48. The zero-order valence-corrected chi connectivity index (χ0v) is 15.1. The number of amides is 3. The maximum absolute atomic E-state index is 12.8. The number of hydrazine groups is 1. The van der Waals surface area contributed by atoms with Crippen LogP contribution in [0.25, 0.3) is 0 Å². The average molecular weight is 344 g/mol. The molecule has 2 fully saturated rings. The molecule has 0 unspecified atom stereocenters. The lowest BCUT2D eigenvalue weighted by atomic mass is 9.63. The molecule has 1 saturated heterocycles. The fourth-order valence-corrected chi connectivity index (χ4v) is 3.94. The Morgan fingerprint density at radius 1 is 1.28 bits per heavy atom. The van der Waals surface area contributed by atoms with E-state index in [9.17, 15) is 14.4 Å². The van der Waals surface area contributed by atoms with Gasteiger partial charge in [-0.15, -0.1) is 0 Å². The number of fused-ring (bicyclic) bond motifs is 2. The van der Waals surface area contributed by atoms with Gasteiger partial charge in [-0.25, -0.2) is 0 Å². The molecule has 25 heavy (non-hydrogen) atoms. The Hall–Kier alpha value is -2.37. The monoisotopic (exact) mass is 344 g/mol. The van der Waals surface area contributed by atoms with Crippen molar-refractivity contribution in [1.29, 1.82) is 0 Å². The van der Waals surface area contributed by atoms with Gasteiger partial charge in [0.05, 0.1) is 5.41 Å². The molecule has 6 heteroatoms. The van der Waals surface area contributed by atoms with Crippen molar-refractivity contribution in [3.8, 4) is 5.75 Å². The molecule has 1 aliphatic carbocycles. The van der Waals surface area contributed by atoms with Gasteiger partial charge in [-0.2, -0.15) is 5.01 Å². The Morgan fingerprint density at radius 2 is 1.96 bits per heavy atom. The summed E-state index contributed by atoms with van der Waals surface area (Å²) in [5, 5.41) is 0.909. The number of rotatable bonds is 4. The minimum atomic E-state index is -0.643. The summed E-state index contributed by atoms with van der Waals surface area (Å²) in [6.45, 7) is 7.42. The van der Waals surface area contributed by atoms with Crippen molar-refractivity contribution < 1.29 is 19.1 Å². The van der Waals surface area contributed by atoms with Crippen molar-refractivity contribution >= 4 is 17.7 Å². The van der Waals surface area contributed by atoms with Crippen molar-refractivity contribution in [1.82, 2.24) is 10.4 Å². The molecule has 1 heterocycles. The van der Waals surface area contributed by atoms with Crippen molar-refractivity contribution in [2.75, 3.05) is 6.61 Å². The van der Waals surface area contributed by atoms with Crippen LogP contribution in [0.4, 0.5) is 0 Å². The van der Waals surface area contributed by atoms with Gasteiger partial charge < -0.3 is 4.74 Å². The number of nitrogens with zero attached hydrogens (tertiary/aromatic N) is 1. The first-order valence-corrected chi connectivity index (χ1v) is 8.55. The van der Waals surface area contributed by atoms with Crippen LogP contribution < -0.4 is 10.2 Å². The molecule has 1 N–H and O–H groups in total. The predicted octanol–water partition coefficient (Wildman–Crippen LogP) is 2.22. The van der Waals surface area contributed by atoms with E-state index < -0.39 is 16.7 Å². The van der Waals surface area contributed by atoms with Crippen molar-refractivity contribution in [3.63, 3.8) is 0 Å². The summed E-state index contributed by atoms with van der Waals surface area (Å²) in [6.07, 6.45) is 1.32. The third-order valence-electron chi connectivity index (χ3n) is 6.11. The van der Waals surface area contributed by atoms with E-state index in [0.717, 1.165) is 10.6 Å². The van der Waals surface area contributed by atoms with E-state index in [0.29, 0.717) is 18.6 Å². The van der Waals surface area contributed by atoms with E-state index in [1.807, 2.05) is 45.9 Å². The molecular formula is C19H24N2O4. The molecule has 2 aliphatic rings. The molecular weight excluding hydrogens is 320 g/mol. The molecule has 2 bridgehead atoms. The maximum Gasteiger partial charge on any atom is 0.276 e. The molecule has 0 radical (unpaired) electrons. The van der Waals surface area contributed by atoms with E-state index in [1.54, 1.807) is 6.07 Å². The SMILES string of the molecule is Cc1ccccc1OCC(=O)NN1C(=O)[C@H]2CC[C@](C)(C1=O)C2(C)C. The number of carbonyl (C=O) groups is 3. The van der Waals surface area contributed by atoms with Gasteiger partial charge in [0.1, 0.15) is 5.75 Å². The molecule has 0 aromatic heterocycles. The summed E-state index contributed by atoms with van der Waals surface area (Å²) in [5.74, 6) is -0.836. The topological polar surface area (TPSA) is 75.7 Å². The van der Waals surface area contributed by atoms with Crippen LogP contribution in [0, 0.1) is 23.7 Å². The first kappa shape index (κ1) is 17.5. The van der Waals surface area contributed by atoms with Gasteiger partial charge in [0.25, 0.3) is 17.7 Å². The summed E-state index contributed by atoms with van der Waals surface area (Å²) in [5.41, 5.74) is 2.31. The average Bonchev–Trinajstić information content (AvgIpc) is 2.75. The highest BCUT2D eigenvalue weighted by Crippen LogP contribution is 2.59. The summed E-state index contributed by atoms with van der Waals surface area (Å²) in [6, 6.07) is 7.35. The summed E-state index contributed by atoms with van der Waals surface area (Å²) in [7, 11) is 0. The van der Waals surface area contributed by atoms with Crippen LogP contribution in [0.2, 0.25) is 0 Å². The number of hydrogen-bond acceptors (Lipinski definition) is 4. The standard InChI is InChI=1S/C19H24N2O4/c1-12-7-5-6-8-14(12)25-11-15(22)20-21-16(23)13-9-10-19(4,17(21)24)18(13,2)3/h5-8,13H,9-11H2,1-4H3,(H,20,22)/t13-,19-/m1/s1. The van der Waals surface area contributed by atoms with Gasteiger partial charge in [0.15, 0.2) is 6.61 Å². The van der Waals surface area contributed by atoms with Gasteiger partial charge >= 0.3 is 0 Å². The lowest BCUT2D eigenvalue weighted by molar-refractivity contribution is -0.174. The van der Waals surface area contributed by atoms with Crippen molar-refractivity contribution in [2.24, 2.45) is 16.7 Å². The van der Waals surface area contributed by atoms with Crippen LogP contribution in [0.1, 0.15) is 39.2 Å². The van der Waals surface area contributed by atoms with Crippen LogP contribution in [-0.4, -0.2) is 29.3 Å². The van der Waals surface area contributed by atoms with E-state index in [1.165, 1.54) is 0 Å². The van der Waals surface area contributed by atoms with Gasteiger partial charge in [0, 0.05) is 5.92 Å². The number of aryl methyl sites for hydroxylation is 1. The second kappa shape index (κ2) is 5.86. The Labute approximate surface area is 147 Å². The van der Waals surface area contributed by atoms with E-state index in [4.69, 9.17) is 4.74 Å². The fourth-order valence-electron chi connectivity index (χ4n) is 3.94. The largest absolute Gasteiger partial charge is 0.483 e. The van der Waals surface area contributed by atoms with Gasteiger partial charge in [0.2, 0.25) is 0 Å². The third-order valence-corrected chi connectivity index (χ3v) is 6.11. The number of para-hydroxylation sites is 1. The van der Waals surface area contributed by atoms with Crippen LogP contribution in [0.5, 0.6) is 5.75 Å². The third kappa shape index (κ3) is 2.60. The molecule has 3 rings (SSSR count). The molecule has 6 nitrogen and oxygen atoms in total. The first-order valence-electron chi connectivity index (χ1n) is 8.55. The number of nitrogens with one attached hydrogen (secondary N) is 1. The fraction of sp³-hybridized carbons (Fsp3) is 0.526. The highest BCUT2D eigenvalue weighted by atomic mass is 16.5. The van der Waals surface area contributed by atoms with E-state index in [2.05, 4.69) is 5.43 Å². The quantitative estimate of drug-likeness (QED) is 0.850. The Kier molecular flexibility index (Phi) is 4.09. The Bertz CT molecular complexity index is 743. The minimum Gasteiger partial charge on any atom is -0.483 e. The molecule has 0 spiro atoms. The van der Waals surface area contributed by atoms with Crippen LogP contribution >= 0.6 is 0 Å². The van der Waals surface area contributed by atoms with E-state index >= 15 is 0 Å². The highest BCUT2D eigenvalue weighted by molar-refractivity contribution is 6.05. The second-order valence-corrected chi connectivity index (χ2v) is 7.71. The van der Waals surface area contributed by atoms with Gasteiger partial charge in [-0.1, -0.05) is 39.0 Å².